The number of hydrogen-bond acceptors (Lipinski definition) is 2. The normalized spacial score (nSPS) is 12.3. The first-order valence-electron chi connectivity index (χ1n) is 7.23. The van der Waals surface area contributed by atoms with Gasteiger partial charge in [-0.1, -0.05) is 43.3 Å². The fourth-order valence-electron chi connectivity index (χ4n) is 2.28. The van der Waals surface area contributed by atoms with Gasteiger partial charge in [-0.25, -0.2) is 0 Å². The van der Waals surface area contributed by atoms with Crippen molar-refractivity contribution in [3.8, 4) is 11.5 Å². The molecule has 0 fully saturated rings. The average Bonchev–Trinajstić information content (AvgIpc) is 2.56. The molecule has 0 radical (unpaired) electrons. The maximum atomic E-state index is 5.20. The van der Waals surface area contributed by atoms with E-state index in [4.69, 9.17) is 9.47 Å². The SMILES string of the molecule is CCC(C=Cc1ccc(OC)cc1)c1ccc(OC)cc1. The molecule has 0 saturated carbocycles. The standard InChI is InChI=1S/C19H22O2/c1-4-16(17-9-13-19(21-3)14-10-17)8-5-15-6-11-18(20-2)12-7-15/h5-14,16H,4H2,1-3H3. The number of benzene rings is 2. The lowest BCUT2D eigenvalue weighted by Gasteiger charge is -2.11. The fraction of sp³-hybridized carbons (Fsp3) is 0.263. The summed E-state index contributed by atoms with van der Waals surface area (Å²) in [5, 5.41) is 0. The maximum absolute atomic E-state index is 5.20. The highest BCUT2D eigenvalue weighted by molar-refractivity contribution is 5.52. The quantitative estimate of drug-likeness (QED) is 0.749. The van der Waals surface area contributed by atoms with Crippen molar-refractivity contribution in [3.63, 3.8) is 0 Å². The summed E-state index contributed by atoms with van der Waals surface area (Å²) in [7, 11) is 3.37. The van der Waals surface area contributed by atoms with E-state index >= 15 is 0 Å². The van der Waals surface area contributed by atoms with Crippen molar-refractivity contribution >= 4 is 6.08 Å². The van der Waals surface area contributed by atoms with Gasteiger partial charge in [0.25, 0.3) is 0 Å². The van der Waals surface area contributed by atoms with Crippen LogP contribution in [0.1, 0.15) is 30.4 Å². The first kappa shape index (κ1) is 15.2. The second kappa shape index (κ2) is 7.53. The molecular weight excluding hydrogens is 260 g/mol. The first-order valence-corrected chi connectivity index (χ1v) is 7.23. The number of rotatable bonds is 6. The lowest BCUT2D eigenvalue weighted by atomic mass is 9.95. The van der Waals surface area contributed by atoms with Gasteiger partial charge in [0.1, 0.15) is 11.5 Å². The van der Waals surface area contributed by atoms with E-state index in [0.717, 1.165) is 17.9 Å². The highest BCUT2D eigenvalue weighted by atomic mass is 16.5. The Kier molecular flexibility index (Phi) is 5.44. The monoisotopic (exact) mass is 282 g/mol. The van der Waals surface area contributed by atoms with Crippen LogP contribution in [0.2, 0.25) is 0 Å². The van der Waals surface area contributed by atoms with Crippen molar-refractivity contribution in [2.45, 2.75) is 19.3 Å². The Balaban J connectivity index is 2.11. The predicted octanol–water partition coefficient (Wildman–Crippen LogP) is 4.91. The predicted molar refractivity (Wildman–Crippen MR) is 88.1 cm³/mol. The highest BCUT2D eigenvalue weighted by Gasteiger charge is 2.05. The number of ether oxygens (including phenoxy) is 2. The van der Waals surface area contributed by atoms with E-state index in [-0.39, 0.29) is 0 Å². The number of methoxy groups -OCH3 is 2. The summed E-state index contributed by atoms with van der Waals surface area (Å²) >= 11 is 0. The molecule has 0 N–H and O–H groups in total. The van der Waals surface area contributed by atoms with Crippen LogP contribution in [-0.4, -0.2) is 14.2 Å². The second-order valence-electron chi connectivity index (χ2n) is 4.92. The number of hydrogen-bond donors (Lipinski definition) is 0. The van der Waals surface area contributed by atoms with E-state index in [1.54, 1.807) is 14.2 Å². The summed E-state index contributed by atoms with van der Waals surface area (Å²) in [4.78, 5) is 0. The van der Waals surface area contributed by atoms with Crippen LogP contribution >= 0.6 is 0 Å². The third kappa shape index (κ3) is 4.12. The zero-order valence-electron chi connectivity index (χ0n) is 12.9. The van der Waals surface area contributed by atoms with E-state index in [0.29, 0.717) is 5.92 Å². The Bertz CT molecular complexity index is 568. The molecule has 2 nitrogen and oxygen atoms in total. The minimum atomic E-state index is 0.415. The Hall–Kier alpha value is -2.22. The molecule has 0 amide bonds. The molecule has 2 heteroatoms. The molecule has 0 saturated heterocycles. The molecule has 1 atom stereocenters. The van der Waals surface area contributed by atoms with E-state index in [1.165, 1.54) is 11.1 Å². The fourth-order valence-corrected chi connectivity index (χ4v) is 2.28. The molecule has 2 aromatic carbocycles. The van der Waals surface area contributed by atoms with E-state index in [1.807, 2.05) is 24.3 Å². The van der Waals surface area contributed by atoms with Gasteiger partial charge in [-0.15, -0.1) is 0 Å². The zero-order valence-corrected chi connectivity index (χ0v) is 12.9. The van der Waals surface area contributed by atoms with E-state index in [9.17, 15) is 0 Å². The summed E-state index contributed by atoms with van der Waals surface area (Å²) in [5.41, 5.74) is 2.49. The highest BCUT2D eigenvalue weighted by Crippen LogP contribution is 2.24. The lowest BCUT2D eigenvalue weighted by molar-refractivity contribution is 0.414. The van der Waals surface area contributed by atoms with Crippen molar-refractivity contribution in [2.75, 3.05) is 14.2 Å². The van der Waals surface area contributed by atoms with Gasteiger partial charge in [-0.2, -0.15) is 0 Å². The summed E-state index contributed by atoms with van der Waals surface area (Å²) in [6.07, 6.45) is 5.49. The molecule has 0 aliphatic carbocycles. The molecule has 21 heavy (non-hydrogen) atoms. The molecule has 2 rings (SSSR count). The van der Waals surface area contributed by atoms with Crippen LogP contribution in [0.3, 0.4) is 0 Å². The van der Waals surface area contributed by atoms with Crippen molar-refractivity contribution in [1.82, 2.24) is 0 Å². The van der Waals surface area contributed by atoms with Crippen LogP contribution in [-0.2, 0) is 0 Å². The Labute approximate surface area is 127 Å². The molecule has 110 valence electrons. The van der Waals surface area contributed by atoms with Gasteiger partial charge >= 0.3 is 0 Å². The largest absolute Gasteiger partial charge is 0.497 e. The summed E-state index contributed by atoms with van der Waals surface area (Å²) in [5.74, 6) is 2.19. The van der Waals surface area contributed by atoms with Gasteiger partial charge in [0.05, 0.1) is 14.2 Å². The Morgan fingerprint density at radius 3 is 1.86 bits per heavy atom. The average molecular weight is 282 g/mol. The minimum Gasteiger partial charge on any atom is -0.497 e. The van der Waals surface area contributed by atoms with E-state index < -0.39 is 0 Å². The van der Waals surface area contributed by atoms with Gasteiger partial charge in [0.15, 0.2) is 0 Å². The van der Waals surface area contributed by atoms with Gasteiger partial charge in [0, 0.05) is 5.92 Å². The molecule has 2 aromatic rings. The van der Waals surface area contributed by atoms with Crippen LogP contribution in [0.15, 0.2) is 54.6 Å². The minimum absolute atomic E-state index is 0.415. The topological polar surface area (TPSA) is 18.5 Å². The van der Waals surface area contributed by atoms with Crippen LogP contribution in [0, 0.1) is 0 Å². The first-order chi connectivity index (χ1) is 10.3. The van der Waals surface area contributed by atoms with Gasteiger partial charge in [-0.3, -0.25) is 0 Å². The van der Waals surface area contributed by atoms with Crippen LogP contribution in [0.5, 0.6) is 11.5 Å². The van der Waals surface area contributed by atoms with Gasteiger partial charge < -0.3 is 9.47 Å². The summed E-state index contributed by atoms with van der Waals surface area (Å²) < 4.78 is 10.4. The van der Waals surface area contributed by atoms with Crippen molar-refractivity contribution in [2.24, 2.45) is 0 Å². The molecule has 0 bridgehead atoms. The summed E-state index contributed by atoms with van der Waals surface area (Å²) in [6.45, 7) is 2.20. The third-order valence-electron chi connectivity index (χ3n) is 3.62. The zero-order chi connectivity index (χ0) is 15.1. The van der Waals surface area contributed by atoms with Crippen LogP contribution in [0.25, 0.3) is 6.08 Å². The smallest absolute Gasteiger partial charge is 0.118 e. The Morgan fingerprint density at radius 2 is 1.38 bits per heavy atom. The van der Waals surface area contributed by atoms with Gasteiger partial charge in [0.2, 0.25) is 0 Å². The van der Waals surface area contributed by atoms with E-state index in [2.05, 4.69) is 43.3 Å². The van der Waals surface area contributed by atoms with Gasteiger partial charge in [-0.05, 0) is 41.8 Å². The maximum Gasteiger partial charge on any atom is 0.118 e. The van der Waals surface area contributed by atoms with Crippen LogP contribution in [0.4, 0.5) is 0 Å². The molecule has 1 unspecified atom stereocenters. The lowest BCUT2D eigenvalue weighted by Crippen LogP contribution is -1.93. The molecular formula is C19H22O2. The summed E-state index contributed by atoms with van der Waals surface area (Å²) in [6, 6.07) is 16.4. The number of allylic oxidation sites excluding steroid dienone is 1. The molecule has 0 aliphatic rings. The third-order valence-corrected chi connectivity index (χ3v) is 3.62. The molecule has 0 aliphatic heterocycles. The van der Waals surface area contributed by atoms with Crippen molar-refractivity contribution in [1.29, 1.82) is 0 Å². The van der Waals surface area contributed by atoms with Crippen molar-refractivity contribution < 1.29 is 9.47 Å². The molecule has 0 spiro atoms. The Morgan fingerprint density at radius 1 is 0.857 bits per heavy atom. The molecule has 0 heterocycles. The molecule has 0 aromatic heterocycles. The van der Waals surface area contributed by atoms with Crippen molar-refractivity contribution in [3.05, 3.63) is 65.7 Å². The van der Waals surface area contributed by atoms with Crippen LogP contribution < -0.4 is 9.47 Å². The second-order valence-corrected chi connectivity index (χ2v) is 4.92.